The van der Waals surface area contributed by atoms with Gasteiger partial charge in [0.25, 0.3) is 0 Å². The van der Waals surface area contributed by atoms with Gasteiger partial charge in [0, 0.05) is 0 Å². The average molecular weight is 550 g/mol. The second-order valence-electron chi connectivity index (χ2n) is 5.97. The van der Waals surface area contributed by atoms with E-state index in [1.807, 2.05) is 0 Å². The molecule has 0 saturated carbocycles. The number of halogens is 21. The Kier molecular flexibility index (Phi) is 7.15. The molecule has 0 aromatic heterocycles. The predicted octanol–water partition coefficient (Wildman–Crippen LogP) is 6.26. The molecule has 0 amide bonds. The first-order valence-corrected chi connectivity index (χ1v) is 6.87. The second kappa shape index (κ2) is 7.49. The quantitative estimate of drug-likeness (QED) is 0.319. The van der Waals surface area contributed by atoms with Gasteiger partial charge in [0.15, 0.2) is 6.67 Å². The van der Waals surface area contributed by atoms with Crippen LogP contribution < -0.4 is 0 Å². The SMILES string of the molecule is OC(F)(F)C(F)(F)C(F)(F)C(F)(F)C(F)(F)C(F)(F)C(F)(F)C(F)(F)C(F)(F)C(F)(F)CF. The minimum Gasteiger partial charge on any atom is -0.331 e. The molecule has 0 aliphatic heterocycles. The Labute approximate surface area is 165 Å². The molecule has 0 saturated heterocycles. The van der Waals surface area contributed by atoms with E-state index in [9.17, 15) is 92.2 Å². The van der Waals surface area contributed by atoms with Gasteiger partial charge in [-0.05, 0) is 0 Å². The van der Waals surface area contributed by atoms with Crippen LogP contribution in [0.15, 0.2) is 0 Å². The molecule has 0 aliphatic rings. The summed E-state index contributed by atoms with van der Waals surface area (Å²) in [6.07, 6.45) is -7.52. The summed E-state index contributed by atoms with van der Waals surface area (Å²) in [5.41, 5.74) is 0. The van der Waals surface area contributed by atoms with Crippen molar-refractivity contribution in [1.82, 2.24) is 0 Å². The molecule has 0 unspecified atom stereocenters. The third-order valence-corrected chi connectivity index (χ3v) is 3.77. The zero-order chi connectivity index (χ0) is 27.7. The summed E-state index contributed by atoms with van der Waals surface area (Å²) in [7, 11) is 0. The molecule has 0 aromatic carbocycles. The lowest BCUT2D eigenvalue weighted by molar-refractivity contribution is -0.479. The van der Waals surface area contributed by atoms with Crippen molar-refractivity contribution in [2.24, 2.45) is 0 Å². The lowest BCUT2D eigenvalue weighted by Gasteiger charge is -2.44. The van der Waals surface area contributed by atoms with Crippen molar-refractivity contribution in [3.8, 4) is 0 Å². The molecule has 200 valence electrons. The maximum atomic E-state index is 13.2. The Balaban J connectivity index is 7.03. The van der Waals surface area contributed by atoms with Gasteiger partial charge in [-0.25, -0.2) is 4.39 Å². The molecular formula is C11H3F21O. The van der Waals surface area contributed by atoms with Crippen molar-refractivity contribution in [2.45, 2.75) is 59.4 Å². The van der Waals surface area contributed by atoms with Gasteiger partial charge in [-0.15, -0.1) is 0 Å². The van der Waals surface area contributed by atoms with Crippen molar-refractivity contribution in [3.63, 3.8) is 0 Å². The number of alkyl halides is 21. The molecule has 22 heteroatoms. The third-order valence-electron chi connectivity index (χ3n) is 3.77. The Morgan fingerprint density at radius 1 is 0.333 bits per heavy atom. The summed E-state index contributed by atoms with van der Waals surface area (Å²) < 4.78 is 270. The van der Waals surface area contributed by atoms with Crippen LogP contribution in [0, 0.1) is 0 Å². The van der Waals surface area contributed by atoms with Crippen molar-refractivity contribution in [2.75, 3.05) is 6.67 Å². The van der Waals surface area contributed by atoms with E-state index in [4.69, 9.17) is 5.11 Å². The first kappa shape index (κ1) is 31.5. The predicted molar refractivity (Wildman–Crippen MR) is 57.7 cm³/mol. The van der Waals surface area contributed by atoms with Gasteiger partial charge in [0.05, 0.1) is 0 Å². The highest BCUT2D eigenvalue weighted by atomic mass is 19.4. The minimum atomic E-state index is -9.16. The van der Waals surface area contributed by atoms with Crippen LogP contribution >= 0.6 is 0 Å². The molecule has 0 aromatic rings. The van der Waals surface area contributed by atoms with Gasteiger partial charge in [-0.3, -0.25) is 0 Å². The highest BCUT2D eigenvalue weighted by molar-refractivity contribution is 5.17. The lowest BCUT2D eigenvalue weighted by atomic mass is 9.86. The van der Waals surface area contributed by atoms with Crippen LogP contribution in [0.5, 0.6) is 0 Å². The standard InChI is InChI=1S/C11H3F21O/c12-1-2(13,14)3(15,16)4(17,18)5(19,20)6(21,22)7(23,24)8(25,26)9(27,28)10(29,30)11(31,32)33/h33H,1H2. The molecule has 0 bridgehead atoms. The summed E-state index contributed by atoms with van der Waals surface area (Å²) in [5.74, 6) is -77.4. The number of hydrogen-bond donors (Lipinski definition) is 1. The van der Waals surface area contributed by atoms with Crippen LogP contribution in [0.1, 0.15) is 0 Å². The van der Waals surface area contributed by atoms with Crippen LogP contribution in [0.25, 0.3) is 0 Å². The normalized spacial score (nSPS) is 16.9. The maximum absolute atomic E-state index is 13.2. The average Bonchev–Trinajstić information content (AvgIpc) is 2.59. The van der Waals surface area contributed by atoms with E-state index in [1.165, 1.54) is 0 Å². The third kappa shape index (κ3) is 3.64. The topological polar surface area (TPSA) is 20.2 Å². The van der Waals surface area contributed by atoms with Crippen molar-refractivity contribution in [1.29, 1.82) is 0 Å². The first-order chi connectivity index (χ1) is 13.8. The van der Waals surface area contributed by atoms with Crippen LogP contribution in [-0.2, 0) is 0 Å². The summed E-state index contributed by atoms with van der Waals surface area (Å²) in [6, 6.07) is 0. The van der Waals surface area contributed by atoms with Crippen LogP contribution in [0.3, 0.4) is 0 Å². The Morgan fingerprint density at radius 3 is 0.697 bits per heavy atom. The minimum absolute atomic E-state index is 4.11. The molecule has 0 aliphatic carbocycles. The van der Waals surface area contributed by atoms with Crippen molar-refractivity contribution >= 4 is 0 Å². The second-order valence-corrected chi connectivity index (χ2v) is 5.97. The molecule has 0 heterocycles. The largest absolute Gasteiger partial charge is 0.423 e. The summed E-state index contributed by atoms with van der Waals surface area (Å²) in [4.78, 5) is 0. The number of hydrogen-bond acceptors (Lipinski definition) is 1. The molecule has 33 heavy (non-hydrogen) atoms. The monoisotopic (exact) mass is 550 g/mol. The lowest BCUT2D eigenvalue weighted by Crippen LogP contribution is -2.77. The van der Waals surface area contributed by atoms with E-state index in [-0.39, 0.29) is 0 Å². The van der Waals surface area contributed by atoms with Crippen LogP contribution in [0.4, 0.5) is 92.2 Å². The summed E-state index contributed by atoms with van der Waals surface area (Å²) in [6.45, 7) is -4.11. The molecule has 1 N–H and O–H groups in total. The fourth-order valence-electron chi connectivity index (χ4n) is 1.69. The van der Waals surface area contributed by atoms with Gasteiger partial charge >= 0.3 is 59.4 Å². The van der Waals surface area contributed by atoms with Crippen molar-refractivity contribution in [3.05, 3.63) is 0 Å². The fraction of sp³-hybridized carbons (Fsp3) is 1.00. The Hall–Kier alpha value is -1.51. The van der Waals surface area contributed by atoms with Crippen LogP contribution in [0.2, 0.25) is 0 Å². The summed E-state index contributed by atoms with van der Waals surface area (Å²) >= 11 is 0. The van der Waals surface area contributed by atoms with Crippen LogP contribution in [-0.4, -0.2) is 71.2 Å². The van der Waals surface area contributed by atoms with E-state index < -0.39 is 66.1 Å². The zero-order valence-electron chi connectivity index (χ0n) is 14.1. The van der Waals surface area contributed by atoms with Gasteiger partial charge < -0.3 is 5.11 Å². The van der Waals surface area contributed by atoms with E-state index in [0.29, 0.717) is 0 Å². The first-order valence-electron chi connectivity index (χ1n) is 6.87. The van der Waals surface area contributed by atoms with E-state index >= 15 is 0 Å². The van der Waals surface area contributed by atoms with Gasteiger partial charge in [0.1, 0.15) is 0 Å². The van der Waals surface area contributed by atoms with Gasteiger partial charge in [0.2, 0.25) is 0 Å². The molecular weight excluding hydrogens is 547 g/mol. The van der Waals surface area contributed by atoms with E-state index in [0.717, 1.165) is 0 Å². The van der Waals surface area contributed by atoms with E-state index in [2.05, 4.69) is 0 Å². The van der Waals surface area contributed by atoms with Crippen molar-refractivity contribution < 1.29 is 97.3 Å². The van der Waals surface area contributed by atoms with E-state index in [1.54, 1.807) is 0 Å². The molecule has 0 radical (unpaired) electrons. The fourth-order valence-corrected chi connectivity index (χ4v) is 1.69. The number of aliphatic hydroxyl groups is 1. The smallest absolute Gasteiger partial charge is 0.331 e. The van der Waals surface area contributed by atoms with Gasteiger partial charge in [-0.2, -0.15) is 87.8 Å². The maximum Gasteiger partial charge on any atom is 0.423 e. The molecule has 0 atom stereocenters. The highest BCUT2D eigenvalue weighted by Crippen LogP contribution is 2.65. The highest BCUT2D eigenvalue weighted by Gasteiger charge is 2.97. The Bertz CT molecular complexity index is 714. The zero-order valence-corrected chi connectivity index (χ0v) is 14.1. The molecule has 0 rings (SSSR count). The molecule has 0 spiro atoms. The number of rotatable bonds is 10. The Morgan fingerprint density at radius 2 is 0.515 bits per heavy atom. The molecule has 1 nitrogen and oxygen atoms in total. The molecule has 0 fully saturated rings. The van der Waals surface area contributed by atoms with Gasteiger partial charge in [-0.1, -0.05) is 0 Å². The summed E-state index contributed by atoms with van der Waals surface area (Å²) in [5, 5.41) is 7.41.